The summed E-state index contributed by atoms with van der Waals surface area (Å²) < 4.78 is 20.9. The molecule has 2 amide bonds. The molecular weight excluding hydrogens is 1510 g/mol. The summed E-state index contributed by atoms with van der Waals surface area (Å²) in [7, 11) is -7.64. The van der Waals surface area contributed by atoms with Gasteiger partial charge in [0.15, 0.2) is 0 Å². The van der Waals surface area contributed by atoms with Crippen LogP contribution in [0.15, 0.2) is 279 Å². The summed E-state index contributed by atoms with van der Waals surface area (Å²) in [5.74, 6) is -0.820. The smallest absolute Gasteiger partial charge is 0.306 e. The predicted octanol–water partition coefficient (Wildman–Crippen LogP) is 21.1. The first-order valence-electron chi connectivity index (χ1n) is 42.8. The van der Waals surface area contributed by atoms with Crippen LogP contribution in [0.4, 0.5) is 22.7 Å². The zero-order valence-electron chi connectivity index (χ0n) is 73.3. The molecule has 0 aliphatic heterocycles. The molecule has 118 heavy (non-hydrogen) atoms. The number of nitrogens with two attached hydrogens (primary N) is 3. The van der Waals surface area contributed by atoms with Crippen LogP contribution in [0.25, 0.3) is 0 Å². The van der Waals surface area contributed by atoms with Gasteiger partial charge in [-0.15, -0.1) is 0 Å². The molecule has 0 unspecified atom stereocenters. The SMILES string of the molecule is CC(C)(C)[Si](OCc1ccc(N)cc1)(c1ccccc1)c1ccccc1.CCCCCC[C@H](C)C(=O)Nc1ccc(CO[Si](c2ccccc2)(c2ccccc2)C(C)(C)C)cc1.CCCCCC[C@H](C)C(=O)O.CCCCCC[C@H](N)C(=O)Nc1ccc(CO[Si](c2ccccc2)(c2ccccc2)C(C)(C)C)cc1.Nc1ccc(CO)cc1. The maximum Gasteiger partial charge on any atom is 0.306 e. The molecule has 0 saturated heterocycles. The molecule has 10 aromatic carbocycles. The van der Waals surface area contributed by atoms with Crippen LogP contribution in [-0.4, -0.2) is 59.0 Å². The molecule has 0 fully saturated rings. The van der Waals surface area contributed by atoms with Crippen LogP contribution in [0.2, 0.25) is 15.1 Å². The minimum atomic E-state index is -2.59. The van der Waals surface area contributed by atoms with Crippen LogP contribution < -0.4 is 59.0 Å². The van der Waals surface area contributed by atoms with Gasteiger partial charge in [0.25, 0.3) is 25.0 Å². The van der Waals surface area contributed by atoms with E-state index in [1.54, 1.807) is 31.2 Å². The number of hydrogen-bond donors (Lipinski definition) is 7. The van der Waals surface area contributed by atoms with Crippen LogP contribution in [0, 0.1) is 11.8 Å². The second-order valence-electron chi connectivity index (χ2n) is 34.2. The van der Waals surface area contributed by atoms with Gasteiger partial charge in [-0.1, -0.05) is 405 Å². The van der Waals surface area contributed by atoms with Gasteiger partial charge in [-0.25, -0.2) is 0 Å². The predicted molar refractivity (Wildman–Crippen MR) is 505 cm³/mol. The second kappa shape index (κ2) is 49.9. The molecule has 0 aromatic heterocycles. The molecule has 0 saturated carbocycles. The lowest BCUT2D eigenvalue weighted by molar-refractivity contribution is -0.141. The van der Waals surface area contributed by atoms with Crippen molar-refractivity contribution in [1.29, 1.82) is 0 Å². The number of nitrogens with one attached hydrogen (secondary N) is 2. The third kappa shape index (κ3) is 29.9. The number of anilines is 4. The van der Waals surface area contributed by atoms with E-state index in [2.05, 4.69) is 288 Å². The Bertz CT molecular complexity index is 4120. The summed E-state index contributed by atoms with van der Waals surface area (Å²) in [6.07, 6.45) is 16.4. The molecule has 0 radical (unpaired) electrons. The molecule has 0 heterocycles. The monoisotopic (exact) mass is 1650 g/mol. The van der Waals surface area contributed by atoms with E-state index in [1.807, 2.05) is 67.6 Å². The van der Waals surface area contributed by atoms with Crippen molar-refractivity contribution in [3.8, 4) is 0 Å². The van der Waals surface area contributed by atoms with Gasteiger partial charge in [0, 0.05) is 28.7 Å². The summed E-state index contributed by atoms with van der Waals surface area (Å²) in [5, 5.41) is 30.7. The quantitative estimate of drug-likeness (QED) is 0.0111. The molecule has 3 atom stereocenters. The summed E-state index contributed by atoms with van der Waals surface area (Å²) in [5.41, 5.74) is 24.7. The summed E-state index contributed by atoms with van der Waals surface area (Å²) in [6.45, 7) is 32.6. The van der Waals surface area contributed by atoms with Gasteiger partial charge in [-0.05, 0) is 136 Å². The summed E-state index contributed by atoms with van der Waals surface area (Å²) in [4.78, 5) is 35.5. The first kappa shape index (κ1) is 97.5. The van der Waals surface area contributed by atoms with Gasteiger partial charge < -0.3 is 51.3 Å². The lowest BCUT2D eigenvalue weighted by atomic mass is 10.0. The van der Waals surface area contributed by atoms with Gasteiger partial charge in [0.05, 0.1) is 38.4 Å². The van der Waals surface area contributed by atoms with Gasteiger partial charge in [0.2, 0.25) is 11.8 Å². The maximum atomic E-state index is 12.6. The van der Waals surface area contributed by atoms with Crippen LogP contribution in [0.1, 0.15) is 215 Å². The van der Waals surface area contributed by atoms with Crippen LogP contribution >= 0.6 is 0 Å². The van der Waals surface area contributed by atoms with E-state index in [1.165, 1.54) is 82.5 Å². The molecular formula is C102H139N5O8Si3. The molecule has 0 spiro atoms. The number of carboxylic acids is 1. The van der Waals surface area contributed by atoms with Crippen molar-refractivity contribution in [3.63, 3.8) is 0 Å². The van der Waals surface area contributed by atoms with Crippen LogP contribution in [-0.2, 0) is 54.1 Å². The van der Waals surface area contributed by atoms with Gasteiger partial charge in [-0.2, -0.15) is 0 Å². The highest BCUT2D eigenvalue weighted by Crippen LogP contribution is 2.40. The van der Waals surface area contributed by atoms with Crippen molar-refractivity contribution in [3.05, 3.63) is 301 Å². The number of aliphatic carboxylic acids is 1. The van der Waals surface area contributed by atoms with E-state index in [0.717, 1.165) is 89.9 Å². The standard InChI is InChI=1S/C32H43NO2Si.C31H42N2O2Si.C23H27NOSi.C9H18O2.C7H9NO/c1-6-7-8-11-16-26(2)31(34)33-28-23-21-27(22-24-28)25-35-36(32(3,4)5,29-17-12-9-13-18-29)30-19-14-10-15-20-30;1-5-6-7-14-19-29(32)30(34)33-26-22-20-25(21-23-26)24-35-36(31(2,3)4,27-15-10-8-11-16-27)28-17-12-9-13-18-28;1-23(2,3)26(21-10-6-4-7-11-21,22-12-8-5-9-13-22)25-18-19-14-16-20(24)17-15-19;1-3-4-5-6-7-8(2)9(10)11;8-7-3-1-6(5-9)2-4-7/h9-10,12-15,17-24,26H,6-8,11,16,25H2,1-5H3,(H,33,34);8-13,15-18,20-23,29H,5-7,14,19,24,32H2,1-4H3,(H,33,34);4-17H,18,24H2,1-3H3;8H,3-7H2,1-2H3,(H,10,11);1-4,9H,5,8H2/t26-;29-;;8-;/m00.0./s1. The van der Waals surface area contributed by atoms with Crippen LogP contribution in [0.5, 0.6) is 0 Å². The molecule has 0 bridgehead atoms. The molecule has 10 aromatic rings. The van der Waals surface area contributed by atoms with Crippen molar-refractivity contribution in [2.75, 3.05) is 22.1 Å². The minimum Gasteiger partial charge on any atom is -0.481 e. The number of rotatable bonds is 36. The Morgan fingerprint density at radius 1 is 0.339 bits per heavy atom. The summed E-state index contributed by atoms with van der Waals surface area (Å²) in [6, 6.07) is 94.9. The third-order valence-corrected chi connectivity index (χ3v) is 36.7. The number of aliphatic hydroxyl groups is 1. The number of amides is 2. The minimum absolute atomic E-state index is 0.0104. The molecule has 16 heteroatoms. The number of carboxylic acid groups (broad SMARTS) is 1. The zero-order chi connectivity index (χ0) is 86.0. The Hall–Kier alpha value is -9.34. The highest BCUT2D eigenvalue weighted by molar-refractivity contribution is 7.00. The normalized spacial score (nSPS) is 12.4. The molecule has 0 aliphatic carbocycles. The Morgan fingerprint density at radius 2 is 0.585 bits per heavy atom. The van der Waals surface area contributed by atoms with E-state index < -0.39 is 37.0 Å². The fourth-order valence-corrected chi connectivity index (χ4v) is 28.5. The highest BCUT2D eigenvalue weighted by atomic mass is 28.4. The molecule has 10 N–H and O–H groups in total. The van der Waals surface area contributed by atoms with Crippen molar-refractivity contribution in [2.24, 2.45) is 17.6 Å². The van der Waals surface area contributed by atoms with Crippen molar-refractivity contribution < 1.29 is 37.9 Å². The number of nitrogen functional groups attached to an aromatic ring is 2. The first-order valence-corrected chi connectivity index (χ1v) is 48.5. The van der Waals surface area contributed by atoms with Crippen molar-refractivity contribution in [2.45, 2.75) is 241 Å². The fourth-order valence-electron chi connectivity index (χ4n) is 14.9. The topological polar surface area (TPSA) is 221 Å². The number of carbonyl (C=O) groups excluding carboxylic acids is 2. The highest BCUT2D eigenvalue weighted by Gasteiger charge is 2.52. The van der Waals surface area contributed by atoms with Crippen LogP contribution in [0.3, 0.4) is 0 Å². The number of aliphatic hydroxyl groups excluding tert-OH is 1. The third-order valence-electron chi connectivity index (χ3n) is 21.8. The Morgan fingerprint density at radius 3 is 0.839 bits per heavy atom. The van der Waals surface area contributed by atoms with Crippen molar-refractivity contribution in [1.82, 2.24) is 0 Å². The lowest BCUT2D eigenvalue weighted by Crippen LogP contribution is -2.66. The number of carbonyl (C=O) groups is 3. The molecule has 10 rings (SSSR count). The van der Waals surface area contributed by atoms with E-state index in [0.29, 0.717) is 19.8 Å². The Kier molecular flexibility index (Phi) is 41.2. The largest absolute Gasteiger partial charge is 0.481 e. The zero-order valence-corrected chi connectivity index (χ0v) is 76.3. The fraction of sp³-hybridized carbons (Fsp3) is 0.382. The average molecular weight is 1650 g/mol. The maximum absolute atomic E-state index is 12.6. The second-order valence-corrected chi connectivity index (χ2v) is 47.1. The van der Waals surface area contributed by atoms with Gasteiger partial charge >= 0.3 is 5.97 Å². The van der Waals surface area contributed by atoms with Gasteiger partial charge in [0.1, 0.15) is 0 Å². The molecule has 632 valence electrons. The average Bonchev–Trinajstić information content (AvgIpc) is 0.759. The van der Waals surface area contributed by atoms with Crippen molar-refractivity contribution >= 4 is 96.6 Å². The Balaban J connectivity index is 0.000000247. The number of unbranched alkanes of at least 4 members (excludes halogenated alkanes) is 9. The van der Waals surface area contributed by atoms with E-state index in [9.17, 15) is 14.4 Å². The van der Waals surface area contributed by atoms with E-state index in [4.69, 9.17) is 40.7 Å². The Labute approximate surface area is 711 Å². The lowest BCUT2D eigenvalue weighted by Gasteiger charge is -2.43. The van der Waals surface area contributed by atoms with Gasteiger partial charge in [-0.3, -0.25) is 14.4 Å². The summed E-state index contributed by atoms with van der Waals surface area (Å²) >= 11 is 0. The molecule has 13 nitrogen and oxygen atoms in total. The number of hydrogen-bond acceptors (Lipinski definition) is 10. The first-order chi connectivity index (χ1) is 56.5. The number of benzene rings is 10. The van der Waals surface area contributed by atoms with E-state index >= 15 is 0 Å². The molecule has 0 aliphatic rings. The van der Waals surface area contributed by atoms with E-state index in [-0.39, 0.29) is 45.4 Å².